The van der Waals surface area contributed by atoms with Gasteiger partial charge in [0.25, 0.3) is 0 Å². The standard InChI is InChI=1S/C10H12BrNO/c1-12(2)10(11)9(13)8-6-4-3-5-7-8/h3-7,10H,1-2H3. The van der Waals surface area contributed by atoms with Gasteiger partial charge in [-0.2, -0.15) is 0 Å². The molecule has 0 fully saturated rings. The van der Waals surface area contributed by atoms with Crippen molar-refractivity contribution in [3.8, 4) is 0 Å². The predicted octanol–water partition coefficient (Wildman–Crippen LogP) is 2.15. The van der Waals surface area contributed by atoms with Crippen LogP contribution < -0.4 is 0 Å². The first kappa shape index (κ1) is 10.4. The van der Waals surface area contributed by atoms with Crippen molar-refractivity contribution in [3.05, 3.63) is 35.9 Å². The molecule has 0 amide bonds. The number of Topliss-reactive ketones (excluding diaryl/α,β-unsaturated/α-hetero) is 1. The fraction of sp³-hybridized carbons (Fsp3) is 0.300. The van der Waals surface area contributed by atoms with E-state index in [0.29, 0.717) is 0 Å². The Hall–Kier alpha value is -0.670. The van der Waals surface area contributed by atoms with Crippen molar-refractivity contribution in [2.24, 2.45) is 0 Å². The van der Waals surface area contributed by atoms with E-state index >= 15 is 0 Å². The number of likely N-dealkylation sites (N-methyl/N-ethyl adjacent to an activating group) is 1. The van der Waals surface area contributed by atoms with E-state index < -0.39 is 0 Å². The molecule has 2 nitrogen and oxygen atoms in total. The third-order valence-electron chi connectivity index (χ3n) is 1.73. The molecule has 0 saturated carbocycles. The summed E-state index contributed by atoms with van der Waals surface area (Å²) in [7, 11) is 3.72. The molecule has 0 saturated heterocycles. The molecule has 0 N–H and O–H groups in total. The quantitative estimate of drug-likeness (QED) is 0.460. The molecule has 1 rings (SSSR count). The van der Waals surface area contributed by atoms with Crippen LogP contribution in [0.15, 0.2) is 30.3 Å². The Morgan fingerprint density at radius 3 is 2.31 bits per heavy atom. The Kier molecular flexibility index (Phi) is 3.63. The molecule has 0 spiro atoms. The van der Waals surface area contributed by atoms with Crippen molar-refractivity contribution in [2.45, 2.75) is 4.95 Å². The van der Waals surface area contributed by atoms with E-state index in [2.05, 4.69) is 15.9 Å². The summed E-state index contributed by atoms with van der Waals surface area (Å²) in [4.78, 5) is 13.3. The highest BCUT2D eigenvalue weighted by Crippen LogP contribution is 2.11. The van der Waals surface area contributed by atoms with Crippen molar-refractivity contribution in [2.75, 3.05) is 14.1 Å². The smallest absolute Gasteiger partial charge is 0.190 e. The van der Waals surface area contributed by atoms with Crippen LogP contribution in [-0.4, -0.2) is 29.7 Å². The Balaban J connectivity index is 2.80. The van der Waals surface area contributed by atoms with Gasteiger partial charge in [0.15, 0.2) is 5.78 Å². The molecule has 0 radical (unpaired) electrons. The van der Waals surface area contributed by atoms with E-state index in [9.17, 15) is 4.79 Å². The van der Waals surface area contributed by atoms with Crippen LogP contribution in [-0.2, 0) is 0 Å². The van der Waals surface area contributed by atoms with Gasteiger partial charge in [0, 0.05) is 5.56 Å². The van der Waals surface area contributed by atoms with E-state index in [1.54, 1.807) is 0 Å². The van der Waals surface area contributed by atoms with Crippen molar-refractivity contribution in [3.63, 3.8) is 0 Å². The maximum atomic E-state index is 11.7. The fourth-order valence-electron chi connectivity index (χ4n) is 0.974. The molecule has 3 heteroatoms. The molecule has 0 heterocycles. The second-order valence-corrected chi connectivity index (χ2v) is 3.90. The molecular weight excluding hydrogens is 230 g/mol. The number of rotatable bonds is 3. The van der Waals surface area contributed by atoms with Gasteiger partial charge in [0.05, 0.1) is 0 Å². The lowest BCUT2D eigenvalue weighted by Gasteiger charge is -2.16. The molecule has 1 unspecified atom stereocenters. The summed E-state index contributed by atoms with van der Waals surface area (Å²) < 4.78 is 0. The Bertz CT molecular complexity index is 284. The summed E-state index contributed by atoms with van der Waals surface area (Å²) in [5.41, 5.74) is 0.734. The SMILES string of the molecule is CN(C)C(Br)C(=O)c1ccccc1. The summed E-state index contributed by atoms with van der Waals surface area (Å²) in [6, 6.07) is 9.26. The van der Waals surface area contributed by atoms with Crippen LogP contribution >= 0.6 is 15.9 Å². The normalized spacial score (nSPS) is 12.9. The number of ketones is 1. The first-order chi connectivity index (χ1) is 6.13. The number of benzene rings is 1. The van der Waals surface area contributed by atoms with Crippen LogP contribution in [0.5, 0.6) is 0 Å². The number of halogens is 1. The van der Waals surface area contributed by atoms with Gasteiger partial charge in [0.2, 0.25) is 0 Å². The Labute approximate surface area is 86.7 Å². The summed E-state index contributed by atoms with van der Waals surface area (Å²) in [6.45, 7) is 0. The highest BCUT2D eigenvalue weighted by molar-refractivity contribution is 9.09. The first-order valence-electron chi connectivity index (χ1n) is 4.02. The number of nitrogens with zero attached hydrogens (tertiary/aromatic N) is 1. The summed E-state index contributed by atoms with van der Waals surface area (Å²) >= 11 is 3.32. The minimum absolute atomic E-state index is 0.0885. The molecule has 0 aromatic heterocycles. The second-order valence-electron chi connectivity index (χ2n) is 3.03. The molecule has 0 aliphatic carbocycles. The molecule has 0 aliphatic heterocycles. The molecule has 13 heavy (non-hydrogen) atoms. The fourth-order valence-corrected chi connectivity index (χ4v) is 1.24. The Morgan fingerprint density at radius 2 is 1.85 bits per heavy atom. The van der Waals surface area contributed by atoms with Crippen molar-refractivity contribution >= 4 is 21.7 Å². The van der Waals surface area contributed by atoms with Gasteiger partial charge < -0.3 is 0 Å². The van der Waals surface area contributed by atoms with Gasteiger partial charge in [-0.05, 0) is 14.1 Å². The van der Waals surface area contributed by atoms with E-state index in [-0.39, 0.29) is 10.7 Å². The third-order valence-corrected chi connectivity index (χ3v) is 2.96. The first-order valence-corrected chi connectivity index (χ1v) is 4.94. The van der Waals surface area contributed by atoms with Gasteiger partial charge in [-0.25, -0.2) is 0 Å². The zero-order valence-electron chi connectivity index (χ0n) is 7.70. The van der Waals surface area contributed by atoms with Crippen molar-refractivity contribution in [1.82, 2.24) is 4.90 Å². The van der Waals surface area contributed by atoms with Gasteiger partial charge in [0.1, 0.15) is 4.95 Å². The van der Waals surface area contributed by atoms with Gasteiger partial charge in [-0.3, -0.25) is 9.69 Å². The summed E-state index contributed by atoms with van der Waals surface area (Å²) in [6.07, 6.45) is 0. The lowest BCUT2D eigenvalue weighted by atomic mass is 10.1. The highest BCUT2D eigenvalue weighted by Gasteiger charge is 2.17. The maximum absolute atomic E-state index is 11.7. The summed E-state index contributed by atoms with van der Waals surface area (Å²) in [5.74, 6) is 0.0885. The number of alkyl halides is 1. The van der Waals surface area contributed by atoms with E-state index in [1.165, 1.54) is 0 Å². The molecule has 1 aromatic carbocycles. The van der Waals surface area contributed by atoms with Crippen LogP contribution in [0.25, 0.3) is 0 Å². The number of carbonyl (C=O) groups excluding carboxylic acids is 1. The van der Waals surface area contributed by atoms with Crippen molar-refractivity contribution < 1.29 is 4.79 Å². The van der Waals surface area contributed by atoms with Crippen LogP contribution in [0.2, 0.25) is 0 Å². The summed E-state index contributed by atoms with van der Waals surface area (Å²) in [5, 5.41) is 0. The lowest BCUT2D eigenvalue weighted by Crippen LogP contribution is -2.30. The Morgan fingerprint density at radius 1 is 1.31 bits per heavy atom. The molecular formula is C10H12BrNO. The van der Waals surface area contributed by atoms with Crippen LogP contribution in [0, 0.1) is 0 Å². The van der Waals surface area contributed by atoms with Gasteiger partial charge >= 0.3 is 0 Å². The molecule has 0 bridgehead atoms. The van der Waals surface area contributed by atoms with Gasteiger partial charge in [-0.15, -0.1) is 0 Å². The number of hydrogen-bond acceptors (Lipinski definition) is 2. The minimum atomic E-state index is -0.241. The number of hydrogen-bond donors (Lipinski definition) is 0. The van der Waals surface area contributed by atoms with Crippen LogP contribution in [0.1, 0.15) is 10.4 Å². The average molecular weight is 242 g/mol. The van der Waals surface area contributed by atoms with Crippen LogP contribution in [0.3, 0.4) is 0 Å². The molecule has 0 aliphatic rings. The van der Waals surface area contributed by atoms with E-state index in [4.69, 9.17) is 0 Å². The van der Waals surface area contributed by atoms with E-state index in [1.807, 2.05) is 49.3 Å². The molecule has 1 aromatic rings. The largest absolute Gasteiger partial charge is 0.291 e. The van der Waals surface area contributed by atoms with Crippen LogP contribution in [0.4, 0.5) is 0 Å². The minimum Gasteiger partial charge on any atom is -0.291 e. The predicted molar refractivity (Wildman–Crippen MR) is 57.2 cm³/mol. The van der Waals surface area contributed by atoms with E-state index in [0.717, 1.165) is 5.56 Å². The lowest BCUT2D eigenvalue weighted by molar-refractivity contribution is 0.0941. The topological polar surface area (TPSA) is 20.3 Å². The molecule has 70 valence electrons. The average Bonchev–Trinajstić information content (AvgIpc) is 2.17. The maximum Gasteiger partial charge on any atom is 0.190 e. The zero-order valence-corrected chi connectivity index (χ0v) is 9.28. The van der Waals surface area contributed by atoms with Crippen molar-refractivity contribution in [1.29, 1.82) is 0 Å². The third kappa shape index (κ3) is 2.64. The molecule has 1 atom stereocenters. The van der Waals surface area contributed by atoms with Gasteiger partial charge in [-0.1, -0.05) is 46.3 Å². The second kappa shape index (κ2) is 4.53. The highest BCUT2D eigenvalue weighted by atomic mass is 79.9. The number of carbonyl (C=O) groups is 1. The zero-order chi connectivity index (χ0) is 9.84. The monoisotopic (exact) mass is 241 g/mol.